The molecule has 2 aromatic carbocycles. The summed E-state index contributed by atoms with van der Waals surface area (Å²) in [6, 6.07) is 18.9. The molecule has 0 aliphatic rings. The van der Waals surface area contributed by atoms with E-state index in [0.29, 0.717) is 26.4 Å². The van der Waals surface area contributed by atoms with Crippen LogP contribution >= 0.6 is 11.3 Å². The number of amides is 1. The lowest BCUT2D eigenvalue weighted by Crippen LogP contribution is -2.29. The van der Waals surface area contributed by atoms with E-state index < -0.39 is 6.04 Å². The van der Waals surface area contributed by atoms with E-state index in [4.69, 9.17) is 4.42 Å². The van der Waals surface area contributed by atoms with E-state index in [1.165, 1.54) is 22.2 Å². The number of aryl methyl sites for hydroxylation is 2. The maximum atomic E-state index is 13.3. The summed E-state index contributed by atoms with van der Waals surface area (Å²) >= 11 is 1.23. The van der Waals surface area contributed by atoms with Gasteiger partial charge in [-0.3, -0.25) is 9.59 Å². The summed E-state index contributed by atoms with van der Waals surface area (Å²) in [7, 11) is 1.65. The third-order valence-corrected chi connectivity index (χ3v) is 6.55. The van der Waals surface area contributed by atoms with Crippen molar-refractivity contribution < 1.29 is 9.21 Å². The molecule has 0 spiro atoms. The van der Waals surface area contributed by atoms with Crippen LogP contribution in [0.25, 0.3) is 21.2 Å². The van der Waals surface area contributed by atoms with Crippen molar-refractivity contribution in [2.45, 2.75) is 13.0 Å². The highest BCUT2D eigenvalue weighted by molar-refractivity contribution is 7.20. The van der Waals surface area contributed by atoms with Gasteiger partial charge in [-0.1, -0.05) is 48.5 Å². The fourth-order valence-corrected chi connectivity index (χ4v) is 4.77. The SMILES string of the molecule is Cc1c(C(=O)NC(c2ccccc2)c2cc3ccccc3o2)sc2ncn(C)c(=O)c12. The Morgan fingerprint density at radius 3 is 2.65 bits per heavy atom. The Hall–Kier alpha value is -3.71. The molecule has 0 saturated heterocycles. The zero-order valence-electron chi connectivity index (χ0n) is 17.0. The van der Waals surface area contributed by atoms with Gasteiger partial charge >= 0.3 is 0 Å². The van der Waals surface area contributed by atoms with Gasteiger partial charge in [0.15, 0.2) is 0 Å². The number of furan rings is 1. The smallest absolute Gasteiger partial charge is 0.262 e. The Balaban J connectivity index is 1.58. The highest BCUT2D eigenvalue weighted by atomic mass is 32.1. The van der Waals surface area contributed by atoms with Crippen LogP contribution in [0, 0.1) is 6.92 Å². The van der Waals surface area contributed by atoms with Crippen molar-refractivity contribution in [2.24, 2.45) is 7.05 Å². The summed E-state index contributed by atoms with van der Waals surface area (Å²) < 4.78 is 7.49. The number of carbonyl (C=O) groups excluding carboxylic acids is 1. The van der Waals surface area contributed by atoms with Gasteiger partial charge in [-0.05, 0) is 30.2 Å². The Morgan fingerprint density at radius 1 is 1.13 bits per heavy atom. The standard InChI is InChI=1S/C24H19N3O3S/c1-14-19-23(25-13-27(2)24(19)29)31-21(14)22(28)26-20(15-8-4-3-5-9-15)18-12-16-10-6-7-11-17(16)30-18/h3-13,20H,1-2H3,(H,26,28). The lowest BCUT2D eigenvalue weighted by atomic mass is 10.0. The predicted molar refractivity (Wildman–Crippen MR) is 122 cm³/mol. The molecule has 0 aliphatic carbocycles. The van der Waals surface area contributed by atoms with E-state index >= 15 is 0 Å². The Morgan fingerprint density at radius 2 is 1.87 bits per heavy atom. The molecule has 0 aliphatic heterocycles. The van der Waals surface area contributed by atoms with E-state index in [9.17, 15) is 9.59 Å². The average Bonchev–Trinajstić information content (AvgIpc) is 3.36. The molecule has 1 N–H and O–H groups in total. The number of hydrogen-bond acceptors (Lipinski definition) is 5. The number of nitrogens with one attached hydrogen (secondary N) is 1. The van der Waals surface area contributed by atoms with Crippen molar-refractivity contribution in [1.82, 2.24) is 14.9 Å². The van der Waals surface area contributed by atoms with Gasteiger partial charge in [-0.15, -0.1) is 11.3 Å². The number of fused-ring (bicyclic) bond motifs is 2. The molecule has 1 atom stereocenters. The maximum absolute atomic E-state index is 13.3. The molecule has 5 aromatic rings. The van der Waals surface area contributed by atoms with Gasteiger partial charge in [0.2, 0.25) is 0 Å². The summed E-state index contributed by atoms with van der Waals surface area (Å²) in [5.74, 6) is 0.380. The molecule has 5 rings (SSSR count). The van der Waals surface area contributed by atoms with Crippen molar-refractivity contribution in [3.63, 3.8) is 0 Å². The Labute approximate surface area is 181 Å². The molecule has 3 aromatic heterocycles. The summed E-state index contributed by atoms with van der Waals surface area (Å²) in [4.78, 5) is 31.2. The Bertz CT molecular complexity index is 1450. The number of aromatic nitrogens is 2. The molecule has 154 valence electrons. The van der Waals surface area contributed by atoms with Gasteiger partial charge in [-0.25, -0.2) is 4.98 Å². The van der Waals surface area contributed by atoms with Crippen molar-refractivity contribution >= 4 is 38.4 Å². The number of rotatable bonds is 4. The third-order valence-electron chi connectivity index (χ3n) is 5.35. The van der Waals surface area contributed by atoms with Gasteiger partial charge in [0, 0.05) is 12.4 Å². The fraction of sp³-hybridized carbons (Fsp3) is 0.125. The van der Waals surface area contributed by atoms with Crippen molar-refractivity contribution in [3.05, 3.63) is 99.1 Å². The molecular formula is C24H19N3O3S. The lowest BCUT2D eigenvalue weighted by Gasteiger charge is -2.17. The predicted octanol–water partition coefficient (Wildman–Crippen LogP) is 4.57. The van der Waals surface area contributed by atoms with E-state index in [-0.39, 0.29) is 11.5 Å². The third kappa shape index (κ3) is 3.33. The number of thiophene rings is 1. The minimum absolute atomic E-state index is 0.158. The molecule has 0 saturated carbocycles. The zero-order chi connectivity index (χ0) is 21.5. The van der Waals surface area contributed by atoms with Crippen LogP contribution < -0.4 is 10.9 Å². The first-order valence-corrected chi connectivity index (χ1v) is 10.6. The van der Waals surface area contributed by atoms with Crippen LogP contribution in [0.1, 0.15) is 32.6 Å². The normalized spacial score (nSPS) is 12.3. The highest BCUT2D eigenvalue weighted by Crippen LogP contribution is 2.31. The Kier molecular flexibility index (Phi) is 4.67. The summed E-state index contributed by atoms with van der Waals surface area (Å²) in [5.41, 5.74) is 2.15. The molecular weight excluding hydrogens is 410 g/mol. The number of carbonyl (C=O) groups is 1. The van der Waals surface area contributed by atoms with Crippen LogP contribution in [0.3, 0.4) is 0 Å². The molecule has 0 bridgehead atoms. The zero-order valence-corrected chi connectivity index (χ0v) is 17.8. The topological polar surface area (TPSA) is 77.1 Å². The second-order valence-corrected chi connectivity index (χ2v) is 8.40. The molecule has 3 heterocycles. The first-order chi connectivity index (χ1) is 15.0. The number of para-hydroxylation sites is 1. The average molecular weight is 430 g/mol. The van der Waals surface area contributed by atoms with E-state index in [1.807, 2.05) is 60.7 Å². The van der Waals surface area contributed by atoms with Crippen LogP contribution in [0.5, 0.6) is 0 Å². The lowest BCUT2D eigenvalue weighted by molar-refractivity contribution is 0.0943. The molecule has 0 fully saturated rings. The van der Waals surface area contributed by atoms with E-state index in [1.54, 1.807) is 14.0 Å². The molecule has 1 amide bonds. The van der Waals surface area contributed by atoms with Crippen molar-refractivity contribution in [1.29, 1.82) is 0 Å². The van der Waals surface area contributed by atoms with E-state index in [2.05, 4.69) is 10.3 Å². The largest absolute Gasteiger partial charge is 0.459 e. The van der Waals surface area contributed by atoms with Crippen LogP contribution in [-0.4, -0.2) is 15.5 Å². The minimum atomic E-state index is -0.471. The van der Waals surface area contributed by atoms with Crippen LogP contribution in [-0.2, 0) is 7.05 Å². The van der Waals surface area contributed by atoms with Gasteiger partial charge in [0.25, 0.3) is 11.5 Å². The maximum Gasteiger partial charge on any atom is 0.262 e. The number of hydrogen-bond donors (Lipinski definition) is 1. The van der Waals surface area contributed by atoms with Gasteiger partial charge in [0.1, 0.15) is 22.2 Å². The van der Waals surface area contributed by atoms with Crippen LogP contribution in [0.15, 0.2) is 76.2 Å². The second-order valence-electron chi connectivity index (χ2n) is 7.40. The van der Waals surface area contributed by atoms with Crippen molar-refractivity contribution in [2.75, 3.05) is 0 Å². The van der Waals surface area contributed by atoms with Crippen molar-refractivity contribution in [3.8, 4) is 0 Å². The molecule has 1 unspecified atom stereocenters. The van der Waals surface area contributed by atoms with Crippen LogP contribution in [0.2, 0.25) is 0 Å². The van der Waals surface area contributed by atoms with Gasteiger partial charge < -0.3 is 14.3 Å². The molecule has 6 nitrogen and oxygen atoms in total. The summed E-state index contributed by atoms with van der Waals surface area (Å²) in [6.45, 7) is 1.79. The fourth-order valence-electron chi connectivity index (χ4n) is 3.73. The van der Waals surface area contributed by atoms with E-state index in [0.717, 1.165) is 16.5 Å². The second kappa shape index (κ2) is 7.52. The first kappa shape index (κ1) is 19.3. The molecule has 0 radical (unpaired) electrons. The highest BCUT2D eigenvalue weighted by Gasteiger charge is 2.25. The summed E-state index contributed by atoms with van der Waals surface area (Å²) in [6.07, 6.45) is 1.48. The number of nitrogens with zero attached hydrogens (tertiary/aromatic N) is 2. The minimum Gasteiger partial charge on any atom is -0.459 e. The van der Waals surface area contributed by atoms with Gasteiger partial charge in [-0.2, -0.15) is 0 Å². The molecule has 31 heavy (non-hydrogen) atoms. The van der Waals surface area contributed by atoms with Crippen LogP contribution in [0.4, 0.5) is 0 Å². The molecule has 7 heteroatoms. The van der Waals surface area contributed by atoms with Gasteiger partial charge in [0.05, 0.1) is 16.6 Å². The number of benzene rings is 2. The summed E-state index contributed by atoms with van der Waals surface area (Å²) in [5, 5.41) is 4.56. The monoisotopic (exact) mass is 429 g/mol. The quantitative estimate of drug-likeness (QED) is 0.454. The first-order valence-electron chi connectivity index (χ1n) is 9.82.